The third kappa shape index (κ3) is 4.42. The summed E-state index contributed by atoms with van der Waals surface area (Å²) < 4.78 is 5.81. The quantitative estimate of drug-likeness (QED) is 0.732. The third-order valence-corrected chi connectivity index (χ3v) is 3.61. The van der Waals surface area contributed by atoms with Crippen LogP contribution in [0.4, 0.5) is 11.4 Å². The van der Waals surface area contributed by atoms with Crippen LogP contribution in [0.1, 0.15) is 25.0 Å². The van der Waals surface area contributed by atoms with Gasteiger partial charge in [-0.15, -0.1) is 0 Å². The second kappa shape index (κ2) is 7.74. The molecule has 0 fully saturated rings. The van der Waals surface area contributed by atoms with Gasteiger partial charge in [-0.25, -0.2) is 0 Å². The molecule has 118 valence electrons. The van der Waals surface area contributed by atoms with Crippen LogP contribution in [0.3, 0.4) is 0 Å². The molecule has 2 aromatic carbocycles. The molecule has 2 rings (SSSR count). The van der Waals surface area contributed by atoms with Gasteiger partial charge in [0, 0.05) is 18.8 Å². The van der Waals surface area contributed by atoms with E-state index in [9.17, 15) is 0 Å². The number of anilines is 2. The molecule has 0 spiro atoms. The smallest absolute Gasteiger partial charge is 0.142 e. The Kier molecular flexibility index (Phi) is 5.70. The van der Waals surface area contributed by atoms with Crippen molar-refractivity contribution in [3.63, 3.8) is 0 Å². The fourth-order valence-corrected chi connectivity index (χ4v) is 2.31. The third-order valence-electron chi connectivity index (χ3n) is 3.61. The molecule has 2 aromatic rings. The zero-order valence-corrected chi connectivity index (χ0v) is 13.9. The first-order valence-corrected chi connectivity index (χ1v) is 7.87. The Labute approximate surface area is 133 Å². The maximum absolute atomic E-state index is 5.81. The number of rotatable bonds is 7. The van der Waals surface area contributed by atoms with E-state index in [1.54, 1.807) is 0 Å². The van der Waals surface area contributed by atoms with Gasteiger partial charge >= 0.3 is 0 Å². The molecule has 0 unspecified atom stereocenters. The maximum atomic E-state index is 5.81. The van der Waals surface area contributed by atoms with Gasteiger partial charge in [-0.1, -0.05) is 24.3 Å². The lowest BCUT2D eigenvalue weighted by atomic mass is 10.1. The van der Waals surface area contributed by atoms with Crippen LogP contribution in [-0.4, -0.2) is 19.2 Å². The lowest BCUT2D eigenvalue weighted by Gasteiger charge is -2.16. The van der Waals surface area contributed by atoms with E-state index in [-0.39, 0.29) is 6.10 Å². The Balaban J connectivity index is 1.88. The van der Waals surface area contributed by atoms with Crippen molar-refractivity contribution in [3.8, 4) is 5.75 Å². The summed E-state index contributed by atoms with van der Waals surface area (Å²) in [5.74, 6) is 0.907. The number of hydrogen-bond acceptors (Lipinski definition) is 3. The second-order valence-corrected chi connectivity index (χ2v) is 5.76. The van der Waals surface area contributed by atoms with Crippen molar-refractivity contribution in [1.29, 1.82) is 0 Å². The number of nitrogens with one attached hydrogen (secondary N) is 2. The van der Waals surface area contributed by atoms with Gasteiger partial charge in [-0.2, -0.15) is 0 Å². The molecule has 0 aliphatic carbocycles. The molecule has 22 heavy (non-hydrogen) atoms. The van der Waals surface area contributed by atoms with Crippen LogP contribution in [0.2, 0.25) is 0 Å². The highest BCUT2D eigenvalue weighted by atomic mass is 16.5. The molecule has 3 nitrogen and oxygen atoms in total. The number of benzene rings is 2. The normalized spacial score (nSPS) is 10.6. The van der Waals surface area contributed by atoms with Gasteiger partial charge in [-0.3, -0.25) is 0 Å². The summed E-state index contributed by atoms with van der Waals surface area (Å²) in [4.78, 5) is 0. The fraction of sp³-hybridized carbons (Fsp3) is 0.368. The number of ether oxygens (including phenoxy) is 1. The van der Waals surface area contributed by atoms with Crippen LogP contribution in [0.5, 0.6) is 5.75 Å². The first-order chi connectivity index (χ1) is 10.6. The molecule has 0 heterocycles. The number of aryl methyl sites for hydroxylation is 1. The molecular weight excluding hydrogens is 272 g/mol. The molecule has 0 aliphatic rings. The minimum atomic E-state index is 0.177. The molecule has 0 bridgehead atoms. The first-order valence-electron chi connectivity index (χ1n) is 7.87. The molecule has 0 amide bonds. The lowest BCUT2D eigenvalue weighted by Crippen LogP contribution is -2.15. The van der Waals surface area contributed by atoms with Gasteiger partial charge in [0.05, 0.1) is 11.8 Å². The van der Waals surface area contributed by atoms with Gasteiger partial charge in [0.1, 0.15) is 5.75 Å². The van der Waals surface area contributed by atoms with E-state index in [0.717, 1.165) is 24.5 Å². The Morgan fingerprint density at radius 3 is 2.23 bits per heavy atom. The summed E-state index contributed by atoms with van der Waals surface area (Å²) in [5, 5.41) is 6.92. The van der Waals surface area contributed by atoms with E-state index in [0.29, 0.717) is 0 Å². The minimum Gasteiger partial charge on any atom is -0.489 e. The first kappa shape index (κ1) is 16.2. The van der Waals surface area contributed by atoms with Gasteiger partial charge < -0.3 is 15.4 Å². The van der Waals surface area contributed by atoms with Crippen molar-refractivity contribution in [2.45, 2.75) is 33.8 Å². The lowest BCUT2D eigenvalue weighted by molar-refractivity contribution is 0.243. The SMILES string of the molecule is Cc1cccc(NCCNc2ccccc2OC(C)C)c1C. The molecule has 2 N–H and O–H groups in total. The fourth-order valence-electron chi connectivity index (χ4n) is 2.31. The monoisotopic (exact) mass is 298 g/mol. The molecule has 0 saturated carbocycles. The van der Waals surface area contributed by atoms with E-state index in [2.05, 4.69) is 48.7 Å². The predicted octanol–water partition coefficient (Wildman–Crippen LogP) is 4.61. The van der Waals surface area contributed by atoms with Gasteiger partial charge in [0.15, 0.2) is 0 Å². The average molecular weight is 298 g/mol. The van der Waals surface area contributed by atoms with Crippen LogP contribution in [0.15, 0.2) is 42.5 Å². The van der Waals surface area contributed by atoms with Crippen molar-refractivity contribution in [2.24, 2.45) is 0 Å². The van der Waals surface area contributed by atoms with E-state index in [4.69, 9.17) is 4.74 Å². The Hall–Kier alpha value is -2.16. The van der Waals surface area contributed by atoms with E-state index in [1.807, 2.05) is 32.0 Å². The molecule has 0 atom stereocenters. The molecule has 0 aliphatic heterocycles. The van der Waals surface area contributed by atoms with Crippen LogP contribution < -0.4 is 15.4 Å². The van der Waals surface area contributed by atoms with Crippen LogP contribution in [-0.2, 0) is 0 Å². The molecule has 0 aromatic heterocycles. The van der Waals surface area contributed by atoms with Gasteiger partial charge in [0.25, 0.3) is 0 Å². The van der Waals surface area contributed by atoms with Crippen molar-refractivity contribution in [2.75, 3.05) is 23.7 Å². The number of hydrogen-bond donors (Lipinski definition) is 2. The topological polar surface area (TPSA) is 33.3 Å². The zero-order chi connectivity index (χ0) is 15.9. The van der Waals surface area contributed by atoms with Crippen molar-refractivity contribution in [1.82, 2.24) is 0 Å². The van der Waals surface area contributed by atoms with E-state index >= 15 is 0 Å². The highest BCUT2D eigenvalue weighted by molar-refractivity contribution is 5.57. The zero-order valence-electron chi connectivity index (χ0n) is 13.9. The maximum Gasteiger partial charge on any atom is 0.142 e. The number of para-hydroxylation sites is 2. The summed E-state index contributed by atoms with van der Waals surface area (Å²) in [6.07, 6.45) is 0.177. The molecule has 0 saturated heterocycles. The van der Waals surface area contributed by atoms with Crippen LogP contribution >= 0.6 is 0 Å². The Morgan fingerprint density at radius 2 is 1.50 bits per heavy atom. The van der Waals surface area contributed by atoms with Gasteiger partial charge in [-0.05, 0) is 57.0 Å². The van der Waals surface area contributed by atoms with Crippen molar-refractivity contribution < 1.29 is 4.74 Å². The average Bonchev–Trinajstić information content (AvgIpc) is 2.48. The summed E-state index contributed by atoms with van der Waals surface area (Å²) >= 11 is 0. The summed E-state index contributed by atoms with van der Waals surface area (Å²) in [7, 11) is 0. The highest BCUT2D eigenvalue weighted by Crippen LogP contribution is 2.24. The Morgan fingerprint density at radius 1 is 0.864 bits per heavy atom. The van der Waals surface area contributed by atoms with E-state index in [1.165, 1.54) is 16.8 Å². The standard InChI is InChI=1S/C19H26N2O/c1-14(2)22-19-11-6-5-9-18(19)21-13-12-20-17-10-7-8-15(3)16(17)4/h5-11,14,20-21H,12-13H2,1-4H3. The summed E-state index contributed by atoms with van der Waals surface area (Å²) in [6, 6.07) is 14.4. The summed E-state index contributed by atoms with van der Waals surface area (Å²) in [6.45, 7) is 10.1. The van der Waals surface area contributed by atoms with Crippen LogP contribution in [0.25, 0.3) is 0 Å². The van der Waals surface area contributed by atoms with Gasteiger partial charge in [0.2, 0.25) is 0 Å². The van der Waals surface area contributed by atoms with Crippen LogP contribution in [0, 0.1) is 13.8 Å². The van der Waals surface area contributed by atoms with Crippen molar-refractivity contribution >= 4 is 11.4 Å². The predicted molar refractivity (Wildman–Crippen MR) is 95.1 cm³/mol. The largest absolute Gasteiger partial charge is 0.489 e. The highest BCUT2D eigenvalue weighted by Gasteiger charge is 2.04. The minimum absolute atomic E-state index is 0.177. The molecule has 3 heteroatoms. The van der Waals surface area contributed by atoms with E-state index < -0.39 is 0 Å². The molecule has 0 radical (unpaired) electrons. The molecular formula is C19H26N2O. The second-order valence-electron chi connectivity index (χ2n) is 5.76. The van der Waals surface area contributed by atoms with Crippen molar-refractivity contribution in [3.05, 3.63) is 53.6 Å². The Bertz CT molecular complexity index is 608. The summed E-state index contributed by atoms with van der Waals surface area (Å²) in [5.41, 5.74) is 4.87.